The van der Waals surface area contributed by atoms with Crippen molar-refractivity contribution in [3.05, 3.63) is 28.2 Å². The molecule has 66 valence electrons. The van der Waals surface area contributed by atoms with Crippen molar-refractivity contribution in [3.8, 4) is 0 Å². The summed E-state index contributed by atoms with van der Waals surface area (Å²) in [7, 11) is 0. The van der Waals surface area contributed by atoms with Gasteiger partial charge in [0.1, 0.15) is 0 Å². The summed E-state index contributed by atoms with van der Waals surface area (Å²) in [6.45, 7) is 1.98. The van der Waals surface area contributed by atoms with Crippen molar-refractivity contribution in [2.45, 2.75) is 11.8 Å². The van der Waals surface area contributed by atoms with Crippen LogP contribution < -0.4 is 5.90 Å². The van der Waals surface area contributed by atoms with Crippen LogP contribution in [0.4, 0.5) is 0 Å². The molecule has 0 bridgehead atoms. The molecule has 5 heteroatoms. The first-order chi connectivity index (χ1) is 5.74. The van der Waals surface area contributed by atoms with Crippen molar-refractivity contribution in [2.24, 2.45) is 5.90 Å². The van der Waals surface area contributed by atoms with E-state index in [1.165, 1.54) is 0 Å². The predicted molar refractivity (Wildman–Crippen MR) is 51.1 cm³/mol. The Bertz CT molecular complexity index is 270. The summed E-state index contributed by atoms with van der Waals surface area (Å²) in [4.78, 5) is 4.96. The monoisotopic (exact) mass is 249 g/mol. The van der Waals surface area contributed by atoms with Crippen molar-refractivity contribution in [2.75, 3.05) is 0 Å². The number of benzene rings is 1. The number of nitrogens with two attached hydrogens (primary N) is 1. The molecule has 0 saturated heterocycles. The Hall–Kier alpha value is -0.0700. The maximum Gasteiger partial charge on any atom is 0.0705 e. The Morgan fingerprint density at radius 3 is 2.83 bits per heavy atom. The zero-order valence-electron chi connectivity index (χ0n) is 6.41. The minimum Gasteiger partial charge on any atom is -0.182 e. The van der Waals surface area contributed by atoms with Gasteiger partial charge in [-0.25, -0.2) is 0 Å². The second kappa shape index (κ2) is 4.84. The van der Waals surface area contributed by atoms with Gasteiger partial charge in [-0.1, -0.05) is 15.9 Å². The summed E-state index contributed by atoms with van der Waals surface area (Å²) in [5.74, 6) is 4.70. The highest BCUT2D eigenvalue weighted by molar-refractivity contribution is 9.10. The standard InChI is InChI=1S/C7H8BrNO2S/c1-5-4-6(8)2-3-7(5)12-11-10-9/h2-4H,9H2,1H3. The molecule has 1 aromatic rings. The van der Waals surface area contributed by atoms with Gasteiger partial charge in [-0.2, -0.15) is 5.90 Å². The molecule has 0 unspecified atom stereocenters. The largest absolute Gasteiger partial charge is 0.182 e. The topological polar surface area (TPSA) is 44.5 Å². The maximum atomic E-state index is 4.70. The quantitative estimate of drug-likeness (QED) is 0.508. The molecule has 0 aliphatic rings. The SMILES string of the molecule is Cc1cc(Br)ccc1SOON. The van der Waals surface area contributed by atoms with E-state index in [9.17, 15) is 0 Å². The van der Waals surface area contributed by atoms with Crippen LogP contribution in [-0.4, -0.2) is 0 Å². The number of aryl methyl sites for hydroxylation is 1. The summed E-state index contributed by atoms with van der Waals surface area (Å²) in [6, 6.07) is 5.83. The van der Waals surface area contributed by atoms with Crippen molar-refractivity contribution in [1.82, 2.24) is 0 Å². The van der Waals surface area contributed by atoms with Gasteiger partial charge in [0, 0.05) is 9.37 Å². The highest BCUT2D eigenvalue weighted by atomic mass is 79.9. The van der Waals surface area contributed by atoms with Crippen molar-refractivity contribution in [3.63, 3.8) is 0 Å². The summed E-state index contributed by atoms with van der Waals surface area (Å²) < 4.78 is 5.56. The predicted octanol–water partition coefficient (Wildman–Crippen LogP) is 2.59. The van der Waals surface area contributed by atoms with Gasteiger partial charge in [-0.15, -0.1) is 9.32 Å². The molecule has 2 N–H and O–H groups in total. The van der Waals surface area contributed by atoms with E-state index in [2.05, 4.69) is 25.3 Å². The molecule has 0 amide bonds. The van der Waals surface area contributed by atoms with Crippen molar-refractivity contribution < 1.29 is 9.32 Å². The number of hydrogen-bond donors (Lipinski definition) is 1. The first-order valence-corrected chi connectivity index (χ1v) is 4.73. The highest BCUT2D eigenvalue weighted by Crippen LogP contribution is 2.25. The first kappa shape index (κ1) is 10.0. The van der Waals surface area contributed by atoms with E-state index < -0.39 is 0 Å². The normalized spacial score (nSPS) is 10.2. The molecular formula is C7H8BrNO2S. The Morgan fingerprint density at radius 1 is 1.50 bits per heavy atom. The third-order valence-corrected chi connectivity index (χ3v) is 2.58. The van der Waals surface area contributed by atoms with Crippen LogP contribution in [0.3, 0.4) is 0 Å². The van der Waals surface area contributed by atoms with Crippen molar-refractivity contribution in [1.29, 1.82) is 0 Å². The summed E-state index contributed by atoms with van der Waals surface area (Å²) in [5, 5.41) is 0. The fourth-order valence-electron chi connectivity index (χ4n) is 0.763. The van der Waals surface area contributed by atoms with Crippen molar-refractivity contribution >= 4 is 28.0 Å². The van der Waals surface area contributed by atoms with Gasteiger partial charge < -0.3 is 0 Å². The molecule has 0 atom stereocenters. The van der Waals surface area contributed by atoms with E-state index >= 15 is 0 Å². The fraction of sp³-hybridized carbons (Fsp3) is 0.143. The molecule has 0 aliphatic carbocycles. The Morgan fingerprint density at radius 2 is 2.25 bits per heavy atom. The van der Waals surface area contributed by atoms with Crippen LogP contribution in [0.1, 0.15) is 5.56 Å². The molecule has 0 radical (unpaired) electrons. The molecule has 12 heavy (non-hydrogen) atoms. The third kappa shape index (κ3) is 2.76. The second-order valence-electron chi connectivity index (χ2n) is 2.16. The molecule has 0 spiro atoms. The van der Waals surface area contributed by atoms with Gasteiger partial charge in [0.25, 0.3) is 0 Å². The molecule has 1 aromatic carbocycles. The van der Waals surface area contributed by atoms with E-state index in [4.69, 9.17) is 5.90 Å². The molecule has 0 aliphatic heterocycles. The minimum absolute atomic E-state index is 0.976. The van der Waals surface area contributed by atoms with Crippen LogP contribution in [0.25, 0.3) is 0 Å². The van der Waals surface area contributed by atoms with E-state index in [0.29, 0.717) is 0 Å². The zero-order chi connectivity index (χ0) is 8.97. The van der Waals surface area contributed by atoms with E-state index in [-0.39, 0.29) is 0 Å². The molecule has 0 heterocycles. The van der Waals surface area contributed by atoms with E-state index in [1.54, 1.807) is 0 Å². The van der Waals surface area contributed by atoms with Gasteiger partial charge in [0.2, 0.25) is 0 Å². The van der Waals surface area contributed by atoms with Gasteiger partial charge in [-0.3, -0.25) is 0 Å². The number of hydrogen-bond acceptors (Lipinski definition) is 4. The summed E-state index contributed by atoms with van der Waals surface area (Å²) in [6.07, 6.45) is 0. The molecule has 1 rings (SSSR count). The van der Waals surface area contributed by atoms with Crippen LogP contribution in [0.2, 0.25) is 0 Å². The summed E-state index contributed by atoms with van der Waals surface area (Å²) >= 11 is 4.45. The lowest BCUT2D eigenvalue weighted by molar-refractivity contribution is -0.195. The summed E-state index contributed by atoms with van der Waals surface area (Å²) in [5.41, 5.74) is 1.10. The van der Waals surface area contributed by atoms with Crippen LogP contribution in [0.5, 0.6) is 0 Å². The lowest BCUT2D eigenvalue weighted by Gasteiger charge is -2.02. The molecular weight excluding hydrogens is 242 g/mol. The third-order valence-electron chi connectivity index (χ3n) is 1.30. The lowest BCUT2D eigenvalue weighted by atomic mass is 10.2. The maximum absolute atomic E-state index is 4.70. The average Bonchev–Trinajstić information content (AvgIpc) is 2.03. The van der Waals surface area contributed by atoms with E-state index in [0.717, 1.165) is 27.0 Å². The second-order valence-corrected chi connectivity index (χ2v) is 3.82. The minimum atomic E-state index is 0.976. The average molecular weight is 250 g/mol. The molecule has 0 saturated carbocycles. The number of rotatable bonds is 3. The molecule has 0 aromatic heterocycles. The molecule has 3 nitrogen and oxygen atoms in total. The lowest BCUT2D eigenvalue weighted by Crippen LogP contribution is -1.94. The smallest absolute Gasteiger partial charge is 0.0705 e. The van der Waals surface area contributed by atoms with Crippen LogP contribution in [0.15, 0.2) is 27.6 Å². The first-order valence-electron chi connectivity index (χ1n) is 3.20. The Kier molecular flexibility index (Phi) is 4.03. The Balaban J connectivity index is 2.72. The van der Waals surface area contributed by atoms with E-state index in [1.807, 2.05) is 25.1 Å². The van der Waals surface area contributed by atoms with Gasteiger partial charge >= 0.3 is 0 Å². The van der Waals surface area contributed by atoms with Gasteiger partial charge in [0.05, 0.1) is 12.0 Å². The van der Waals surface area contributed by atoms with Gasteiger partial charge in [0.15, 0.2) is 0 Å². The van der Waals surface area contributed by atoms with Crippen LogP contribution in [0, 0.1) is 6.92 Å². The van der Waals surface area contributed by atoms with Crippen LogP contribution >= 0.6 is 28.0 Å². The Labute approximate surface area is 83.4 Å². The van der Waals surface area contributed by atoms with Gasteiger partial charge in [-0.05, 0) is 30.7 Å². The zero-order valence-corrected chi connectivity index (χ0v) is 8.81. The number of halogens is 1. The van der Waals surface area contributed by atoms with Crippen LogP contribution in [-0.2, 0) is 9.32 Å². The molecule has 0 fully saturated rings. The fourth-order valence-corrected chi connectivity index (χ4v) is 1.66. The highest BCUT2D eigenvalue weighted by Gasteiger charge is 2.00.